The Morgan fingerprint density at radius 1 is 1.30 bits per heavy atom. The first-order chi connectivity index (χ1) is 9.56. The quantitative estimate of drug-likeness (QED) is 0.827. The minimum absolute atomic E-state index is 0.165. The maximum absolute atomic E-state index is 11.7. The van der Waals surface area contributed by atoms with Crippen molar-refractivity contribution in [2.45, 2.75) is 25.5 Å². The summed E-state index contributed by atoms with van der Waals surface area (Å²) in [6.07, 6.45) is 0.288. The summed E-state index contributed by atoms with van der Waals surface area (Å²) in [6, 6.07) is 8.86. The van der Waals surface area contributed by atoms with E-state index in [1.807, 2.05) is 30.3 Å². The molecule has 5 heteroatoms. The number of ether oxygens (including phenoxy) is 1. The van der Waals surface area contributed by atoms with Crippen LogP contribution in [-0.2, 0) is 16.1 Å². The van der Waals surface area contributed by atoms with Crippen LogP contribution < -0.4 is 5.32 Å². The number of amides is 1. The normalized spacial score (nSPS) is 21.5. The molecule has 0 saturated heterocycles. The second-order valence-corrected chi connectivity index (χ2v) is 4.92. The standard InChI is InChI=1S/C15H17NO4/c1-10-7-12(14(17)18)13(8-10)16-15(19)20-9-11-5-3-2-4-6-11/h2-6,12-13H,1,7-9H2,(H,16,19)(H,17,18)/t12-,13-/m0/s1. The van der Waals surface area contributed by atoms with Gasteiger partial charge in [-0.25, -0.2) is 4.79 Å². The number of benzene rings is 1. The molecule has 1 amide bonds. The Morgan fingerprint density at radius 3 is 2.65 bits per heavy atom. The summed E-state index contributed by atoms with van der Waals surface area (Å²) in [6.45, 7) is 3.95. The smallest absolute Gasteiger partial charge is 0.407 e. The number of hydrogen-bond acceptors (Lipinski definition) is 3. The van der Waals surface area contributed by atoms with Crippen LogP contribution in [0, 0.1) is 5.92 Å². The highest BCUT2D eigenvalue weighted by molar-refractivity contribution is 5.74. The molecule has 0 spiro atoms. The van der Waals surface area contributed by atoms with Crippen molar-refractivity contribution in [2.24, 2.45) is 5.92 Å². The molecule has 1 aliphatic rings. The molecule has 2 rings (SSSR count). The van der Waals surface area contributed by atoms with Crippen LogP contribution >= 0.6 is 0 Å². The van der Waals surface area contributed by atoms with Crippen LogP contribution in [0.15, 0.2) is 42.5 Å². The molecule has 0 heterocycles. The molecule has 1 aromatic rings. The molecule has 0 unspecified atom stereocenters. The van der Waals surface area contributed by atoms with E-state index < -0.39 is 24.0 Å². The Kier molecular flexibility index (Phi) is 4.40. The van der Waals surface area contributed by atoms with Gasteiger partial charge in [-0.2, -0.15) is 0 Å². The molecule has 0 bridgehead atoms. The van der Waals surface area contributed by atoms with E-state index in [9.17, 15) is 9.59 Å². The minimum Gasteiger partial charge on any atom is -0.481 e. The number of nitrogens with one attached hydrogen (secondary N) is 1. The van der Waals surface area contributed by atoms with Crippen LogP contribution in [0.2, 0.25) is 0 Å². The van der Waals surface area contributed by atoms with Gasteiger partial charge in [-0.1, -0.05) is 42.5 Å². The highest BCUT2D eigenvalue weighted by atomic mass is 16.5. The highest BCUT2D eigenvalue weighted by Crippen LogP contribution is 2.29. The lowest BCUT2D eigenvalue weighted by Crippen LogP contribution is -2.40. The fourth-order valence-corrected chi connectivity index (χ4v) is 2.32. The third kappa shape index (κ3) is 3.60. The van der Waals surface area contributed by atoms with Gasteiger partial charge in [-0.3, -0.25) is 4.79 Å². The first-order valence-corrected chi connectivity index (χ1v) is 6.43. The van der Waals surface area contributed by atoms with Gasteiger partial charge in [0.25, 0.3) is 0 Å². The number of carbonyl (C=O) groups is 2. The van der Waals surface area contributed by atoms with E-state index in [0.29, 0.717) is 12.8 Å². The molecular weight excluding hydrogens is 258 g/mol. The van der Waals surface area contributed by atoms with Crippen LogP contribution in [-0.4, -0.2) is 23.2 Å². The van der Waals surface area contributed by atoms with Gasteiger partial charge in [0.15, 0.2) is 0 Å². The van der Waals surface area contributed by atoms with Crippen molar-refractivity contribution < 1.29 is 19.4 Å². The molecule has 106 valence electrons. The number of aliphatic carboxylic acids is 1. The first-order valence-electron chi connectivity index (χ1n) is 6.43. The number of hydrogen-bond donors (Lipinski definition) is 2. The maximum atomic E-state index is 11.7. The van der Waals surface area contributed by atoms with Crippen LogP contribution in [0.3, 0.4) is 0 Å². The summed E-state index contributed by atoms with van der Waals surface area (Å²) >= 11 is 0. The summed E-state index contributed by atoms with van der Waals surface area (Å²) in [5, 5.41) is 11.7. The summed E-state index contributed by atoms with van der Waals surface area (Å²) in [5.74, 6) is -1.54. The zero-order valence-corrected chi connectivity index (χ0v) is 11.0. The van der Waals surface area contributed by atoms with E-state index in [1.54, 1.807) is 0 Å². The van der Waals surface area contributed by atoms with Gasteiger partial charge in [-0.05, 0) is 18.4 Å². The van der Waals surface area contributed by atoms with E-state index in [2.05, 4.69) is 11.9 Å². The predicted molar refractivity (Wildman–Crippen MR) is 73.1 cm³/mol. The van der Waals surface area contributed by atoms with Crippen molar-refractivity contribution in [3.8, 4) is 0 Å². The number of carboxylic acid groups (broad SMARTS) is 1. The maximum Gasteiger partial charge on any atom is 0.407 e. The molecule has 20 heavy (non-hydrogen) atoms. The lowest BCUT2D eigenvalue weighted by atomic mass is 10.0. The summed E-state index contributed by atoms with van der Waals surface area (Å²) < 4.78 is 5.08. The molecule has 1 fully saturated rings. The third-order valence-corrected chi connectivity index (χ3v) is 3.34. The molecule has 2 N–H and O–H groups in total. The zero-order chi connectivity index (χ0) is 14.5. The highest BCUT2D eigenvalue weighted by Gasteiger charge is 2.36. The largest absolute Gasteiger partial charge is 0.481 e. The molecule has 5 nitrogen and oxygen atoms in total. The van der Waals surface area contributed by atoms with E-state index in [1.165, 1.54) is 0 Å². The minimum atomic E-state index is -0.919. The Balaban J connectivity index is 1.85. The Bertz CT molecular complexity index is 512. The first kappa shape index (κ1) is 14.1. The predicted octanol–water partition coefficient (Wildman–Crippen LogP) is 2.33. The van der Waals surface area contributed by atoms with Crippen LogP contribution in [0.4, 0.5) is 4.79 Å². The fraction of sp³-hybridized carbons (Fsp3) is 0.333. The van der Waals surface area contributed by atoms with Crippen molar-refractivity contribution in [2.75, 3.05) is 0 Å². The van der Waals surface area contributed by atoms with Gasteiger partial charge >= 0.3 is 12.1 Å². The SMILES string of the molecule is C=C1C[C@H](NC(=O)OCc2ccccc2)[C@@H](C(=O)O)C1. The van der Waals surface area contributed by atoms with Gasteiger partial charge < -0.3 is 15.2 Å². The van der Waals surface area contributed by atoms with Crippen molar-refractivity contribution in [1.82, 2.24) is 5.32 Å². The average Bonchev–Trinajstić information content (AvgIpc) is 2.79. The van der Waals surface area contributed by atoms with Crippen LogP contribution in [0.1, 0.15) is 18.4 Å². The molecule has 1 saturated carbocycles. The fourth-order valence-electron chi connectivity index (χ4n) is 2.32. The summed E-state index contributed by atoms with van der Waals surface area (Å²) in [5.41, 5.74) is 1.72. The van der Waals surface area contributed by atoms with E-state index in [4.69, 9.17) is 9.84 Å². The summed E-state index contributed by atoms with van der Waals surface area (Å²) in [4.78, 5) is 22.8. The molecule has 0 radical (unpaired) electrons. The number of carbonyl (C=O) groups excluding carboxylic acids is 1. The van der Waals surface area contributed by atoms with E-state index in [0.717, 1.165) is 11.1 Å². The topological polar surface area (TPSA) is 75.6 Å². The Labute approximate surface area is 117 Å². The lowest BCUT2D eigenvalue weighted by molar-refractivity contribution is -0.142. The Hall–Kier alpha value is -2.30. The van der Waals surface area contributed by atoms with Crippen LogP contribution in [0.5, 0.6) is 0 Å². The van der Waals surface area contributed by atoms with Crippen molar-refractivity contribution in [3.63, 3.8) is 0 Å². The Morgan fingerprint density at radius 2 is 2.00 bits per heavy atom. The van der Waals surface area contributed by atoms with Crippen molar-refractivity contribution >= 4 is 12.1 Å². The van der Waals surface area contributed by atoms with Gasteiger partial charge in [0.1, 0.15) is 6.61 Å². The number of rotatable bonds is 4. The molecule has 0 aromatic heterocycles. The van der Waals surface area contributed by atoms with Crippen LogP contribution in [0.25, 0.3) is 0 Å². The van der Waals surface area contributed by atoms with Gasteiger partial charge in [0, 0.05) is 6.04 Å². The monoisotopic (exact) mass is 275 g/mol. The third-order valence-electron chi connectivity index (χ3n) is 3.34. The molecular formula is C15H17NO4. The van der Waals surface area contributed by atoms with Crippen molar-refractivity contribution in [1.29, 1.82) is 0 Å². The second-order valence-electron chi connectivity index (χ2n) is 4.92. The molecule has 2 atom stereocenters. The van der Waals surface area contributed by atoms with Crippen molar-refractivity contribution in [3.05, 3.63) is 48.0 Å². The van der Waals surface area contributed by atoms with E-state index >= 15 is 0 Å². The average molecular weight is 275 g/mol. The van der Waals surface area contributed by atoms with Gasteiger partial charge in [0.2, 0.25) is 0 Å². The number of carboxylic acids is 1. The molecule has 0 aliphatic heterocycles. The number of alkyl carbamates (subject to hydrolysis) is 1. The van der Waals surface area contributed by atoms with Gasteiger partial charge in [0.05, 0.1) is 5.92 Å². The van der Waals surface area contributed by atoms with E-state index in [-0.39, 0.29) is 6.61 Å². The molecule has 1 aromatic carbocycles. The molecule has 1 aliphatic carbocycles. The van der Waals surface area contributed by atoms with Gasteiger partial charge in [-0.15, -0.1) is 0 Å². The lowest BCUT2D eigenvalue weighted by Gasteiger charge is -2.16. The summed E-state index contributed by atoms with van der Waals surface area (Å²) in [7, 11) is 0. The second kappa shape index (κ2) is 6.23. The zero-order valence-electron chi connectivity index (χ0n) is 11.0.